The molecule has 6 heavy (non-hydrogen) atoms. The maximum absolute atomic E-state index is 10.2. The summed E-state index contributed by atoms with van der Waals surface area (Å²) >= 11 is 1.39. The molecule has 2 heteroatoms. The molecule has 33 valence electrons. The Hall–Kier alpha value is 0.0200. The molecule has 0 aromatic carbocycles. The van der Waals surface area contributed by atoms with Crippen LogP contribution in [0, 0.1) is 5.92 Å². The molecule has 1 aliphatic rings. The molecule has 0 aromatic heterocycles. The van der Waals surface area contributed by atoms with Crippen LogP contribution in [-0.4, -0.2) is 10.9 Å². The summed E-state index contributed by atoms with van der Waals surface area (Å²) in [6.07, 6.45) is 0. The third-order valence-corrected chi connectivity index (χ3v) is 1.96. The summed E-state index contributed by atoms with van der Waals surface area (Å²) in [4.78, 5) is 10.2. The first-order chi connectivity index (χ1) is 2.80. The third-order valence-electron chi connectivity index (χ3n) is 0.768. The fourth-order valence-electron chi connectivity index (χ4n) is 0.275. The number of carbonyl (C=O) groups is 1. The van der Waals surface area contributed by atoms with E-state index < -0.39 is 0 Å². The highest BCUT2D eigenvalue weighted by Crippen LogP contribution is 2.27. The molecule has 0 N–H and O–H groups in total. The van der Waals surface area contributed by atoms with Crippen molar-refractivity contribution in [2.45, 2.75) is 6.92 Å². The molecule has 0 spiro atoms. The SMILES string of the molecule is C[C]1CSC1=O. The van der Waals surface area contributed by atoms with Gasteiger partial charge in [-0.2, -0.15) is 0 Å². The van der Waals surface area contributed by atoms with Crippen LogP contribution in [0.15, 0.2) is 0 Å². The Morgan fingerprint density at radius 2 is 2.33 bits per heavy atom. The van der Waals surface area contributed by atoms with Gasteiger partial charge in [0.25, 0.3) is 0 Å². The highest BCUT2D eigenvalue weighted by Gasteiger charge is 2.24. The Balaban J connectivity index is 2.39. The van der Waals surface area contributed by atoms with E-state index in [9.17, 15) is 4.79 Å². The second kappa shape index (κ2) is 1.26. The number of carbonyl (C=O) groups excluding carboxylic acids is 1. The Labute approximate surface area is 41.1 Å². The van der Waals surface area contributed by atoms with E-state index in [0.717, 1.165) is 11.7 Å². The smallest absolute Gasteiger partial charge is 0.196 e. The summed E-state index contributed by atoms with van der Waals surface area (Å²) in [5.41, 5.74) is 0. The second-order valence-electron chi connectivity index (χ2n) is 1.36. The lowest BCUT2D eigenvalue weighted by molar-refractivity contribution is -0.110. The van der Waals surface area contributed by atoms with Crippen molar-refractivity contribution in [3.63, 3.8) is 0 Å². The van der Waals surface area contributed by atoms with Crippen LogP contribution in [0.3, 0.4) is 0 Å². The number of hydrogen-bond acceptors (Lipinski definition) is 2. The van der Waals surface area contributed by atoms with E-state index in [4.69, 9.17) is 0 Å². The first kappa shape index (κ1) is 4.19. The molecule has 0 atom stereocenters. The van der Waals surface area contributed by atoms with Crippen LogP contribution >= 0.6 is 11.8 Å². The van der Waals surface area contributed by atoms with Gasteiger partial charge in [-0.25, -0.2) is 0 Å². The molecule has 1 saturated heterocycles. The summed E-state index contributed by atoms with van der Waals surface area (Å²) in [5, 5.41) is 0.273. The quantitative estimate of drug-likeness (QED) is 0.450. The van der Waals surface area contributed by atoms with Gasteiger partial charge >= 0.3 is 0 Å². The van der Waals surface area contributed by atoms with Gasteiger partial charge < -0.3 is 0 Å². The van der Waals surface area contributed by atoms with Gasteiger partial charge in [0.05, 0.1) is 5.92 Å². The molecule has 0 aliphatic carbocycles. The van der Waals surface area contributed by atoms with Crippen LogP contribution in [0.2, 0.25) is 0 Å². The molecule has 0 aromatic rings. The van der Waals surface area contributed by atoms with Gasteiger partial charge in [-0.3, -0.25) is 4.79 Å². The Morgan fingerprint density at radius 1 is 1.83 bits per heavy atom. The maximum atomic E-state index is 10.2. The molecule has 1 nitrogen and oxygen atoms in total. The highest BCUT2D eigenvalue weighted by molar-refractivity contribution is 8.16. The zero-order valence-electron chi connectivity index (χ0n) is 3.52. The largest absolute Gasteiger partial charge is 0.287 e. The highest BCUT2D eigenvalue weighted by atomic mass is 32.2. The third kappa shape index (κ3) is 0.451. The zero-order valence-corrected chi connectivity index (χ0v) is 4.34. The molecule has 1 heterocycles. The van der Waals surface area contributed by atoms with E-state index in [-0.39, 0.29) is 5.12 Å². The van der Waals surface area contributed by atoms with Gasteiger partial charge in [0.1, 0.15) is 0 Å². The lowest BCUT2D eigenvalue weighted by atomic mass is 10.2. The maximum Gasteiger partial charge on any atom is 0.196 e. The molecule has 1 aliphatic heterocycles. The molecule has 0 saturated carbocycles. The van der Waals surface area contributed by atoms with Crippen LogP contribution in [0.25, 0.3) is 0 Å². The van der Waals surface area contributed by atoms with Crippen LogP contribution in [0.5, 0.6) is 0 Å². The number of rotatable bonds is 0. The van der Waals surface area contributed by atoms with Gasteiger partial charge in [-0.05, 0) is 6.92 Å². The standard InChI is InChI=1S/C4H5OS/c1-3-2-6-4(3)5/h2H2,1H3. The van der Waals surface area contributed by atoms with Crippen molar-refractivity contribution in [2.24, 2.45) is 0 Å². The summed E-state index contributed by atoms with van der Waals surface area (Å²) < 4.78 is 0. The Morgan fingerprint density at radius 3 is 2.33 bits per heavy atom. The minimum atomic E-state index is 0.273. The predicted molar refractivity (Wildman–Crippen MR) is 26.4 cm³/mol. The van der Waals surface area contributed by atoms with Crippen molar-refractivity contribution in [2.75, 3.05) is 5.75 Å². The van der Waals surface area contributed by atoms with Gasteiger partial charge in [-0.1, -0.05) is 11.8 Å². The van der Waals surface area contributed by atoms with Crippen molar-refractivity contribution in [1.82, 2.24) is 0 Å². The van der Waals surface area contributed by atoms with Crippen molar-refractivity contribution >= 4 is 16.9 Å². The van der Waals surface area contributed by atoms with Crippen LogP contribution in [0.1, 0.15) is 6.92 Å². The fourth-order valence-corrected chi connectivity index (χ4v) is 0.826. The zero-order chi connectivity index (χ0) is 4.57. The van der Waals surface area contributed by atoms with Crippen molar-refractivity contribution in [3.05, 3.63) is 5.92 Å². The van der Waals surface area contributed by atoms with E-state index >= 15 is 0 Å². The lowest BCUT2D eigenvalue weighted by Crippen LogP contribution is -2.18. The lowest BCUT2D eigenvalue weighted by Gasteiger charge is -2.15. The van der Waals surface area contributed by atoms with Gasteiger partial charge in [0.15, 0.2) is 5.12 Å². The van der Waals surface area contributed by atoms with Crippen LogP contribution < -0.4 is 0 Å². The van der Waals surface area contributed by atoms with Crippen LogP contribution in [-0.2, 0) is 4.79 Å². The van der Waals surface area contributed by atoms with Crippen LogP contribution in [0.4, 0.5) is 0 Å². The van der Waals surface area contributed by atoms with Crippen molar-refractivity contribution < 1.29 is 4.79 Å². The van der Waals surface area contributed by atoms with E-state index in [2.05, 4.69) is 0 Å². The molecule has 0 amide bonds. The molecular formula is C4H5OS. The van der Waals surface area contributed by atoms with Gasteiger partial charge in [0, 0.05) is 5.75 Å². The number of hydrogen-bond donors (Lipinski definition) is 0. The van der Waals surface area contributed by atoms with E-state index in [1.807, 2.05) is 6.92 Å². The molecular weight excluding hydrogens is 96.1 g/mol. The minimum absolute atomic E-state index is 0.273. The summed E-state index contributed by atoms with van der Waals surface area (Å²) in [7, 11) is 0. The first-order valence-electron chi connectivity index (χ1n) is 1.80. The molecule has 0 unspecified atom stereocenters. The fraction of sp³-hybridized carbons (Fsp3) is 0.500. The van der Waals surface area contributed by atoms with Gasteiger partial charge in [-0.15, -0.1) is 0 Å². The topological polar surface area (TPSA) is 17.1 Å². The summed E-state index contributed by atoms with van der Waals surface area (Å²) in [6.45, 7) is 1.87. The molecule has 1 radical (unpaired) electrons. The normalized spacial score (nSPS) is 23.8. The van der Waals surface area contributed by atoms with E-state index in [1.165, 1.54) is 11.8 Å². The minimum Gasteiger partial charge on any atom is -0.287 e. The summed E-state index contributed by atoms with van der Waals surface area (Å²) in [6, 6.07) is 0. The average Bonchev–Trinajstić information content (AvgIpc) is 1.61. The Bertz CT molecular complexity index is 79.6. The van der Waals surface area contributed by atoms with E-state index in [0.29, 0.717) is 0 Å². The molecule has 1 fully saturated rings. The first-order valence-corrected chi connectivity index (χ1v) is 2.79. The molecule has 1 rings (SSSR count). The van der Waals surface area contributed by atoms with Crippen molar-refractivity contribution in [3.8, 4) is 0 Å². The second-order valence-corrected chi connectivity index (χ2v) is 2.30. The average molecular weight is 101 g/mol. The Kier molecular flexibility index (Phi) is 0.880. The number of thioether (sulfide) groups is 1. The molecule has 0 bridgehead atoms. The van der Waals surface area contributed by atoms with Gasteiger partial charge in [0.2, 0.25) is 0 Å². The van der Waals surface area contributed by atoms with E-state index in [1.54, 1.807) is 0 Å². The monoisotopic (exact) mass is 101 g/mol. The van der Waals surface area contributed by atoms with Crippen molar-refractivity contribution in [1.29, 1.82) is 0 Å². The summed E-state index contributed by atoms with van der Waals surface area (Å²) in [5.74, 6) is 1.97. The predicted octanol–water partition coefficient (Wildman–Crippen LogP) is 0.854.